The van der Waals surface area contributed by atoms with Crippen molar-refractivity contribution in [3.63, 3.8) is 0 Å². The van der Waals surface area contributed by atoms with Crippen LogP contribution in [-0.4, -0.2) is 16.3 Å². The minimum absolute atomic E-state index is 0.159. The Kier molecular flexibility index (Phi) is 5.57. The monoisotopic (exact) mass is 410 g/mol. The molecule has 2 heterocycles. The summed E-state index contributed by atoms with van der Waals surface area (Å²) in [6.45, 7) is 9.05. The predicted octanol–water partition coefficient (Wildman–Crippen LogP) is 4.05. The average Bonchev–Trinajstić information content (AvgIpc) is 2.62. The maximum atomic E-state index is 12.8. The van der Waals surface area contributed by atoms with Gasteiger partial charge in [-0.25, -0.2) is 4.79 Å². The highest BCUT2D eigenvalue weighted by Gasteiger charge is 2.21. The first-order chi connectivity index (χ1) is 13.9. The fourth-order valence-electron chi connectivity index (χ4n) is 3.20. The predicted molar refractivity (Wildman–Crippen MR) is 116 cm³/mol. The Morgan fingerprint density at radius 3 is 2.50 bits per heavy atom. The summed E-state index contributed by atoms with van der Waals surface area (Å²) in [4.78, 5) is 36.7. The lowest BCUT2D eigenvalue weighted by molar-refractivity contribution is 0.0508. The number of nitrogens with one attached hydrogen (secondary N) is 1. The topological polar surface area (TPSA) is 90.5 Å². The van der Waals surface area contributed by atoms with Gasteiger partial charge in [-0.05, 0) is 52.3 Å². The van der Waals surface area contributed by atoms with E-state index >= 15 is 0 Å². The van der Waals surface area contributed by atoms with E-state index < -0.39 is 17.7 Å². The third-order valence-electron chi connectivity index (χ3n) is 4.57. The molecule has 158 valence electrons. The van der Waals surface area contributed by atoms with Gasteiger partial charge in [-0.15, -0.1) is 0 Å². The Bertz CT molecular complexity index is 1230. The van der Waals surface area contributed by atoms with Gasteiger partial charge in [-0.1, -0.05) is 6.07 Å². The van der Waals surface area contributed by atoms with Gasteiger partial charge in [-0.3, -0.25) is 9.59 Å². The fourth-order valence-corrected chi connectivity index (χ4v) is 3.20. The van der Waals surface area contributed by atoms with Crippen LogP contribution in [0.1, 0.15) is 44.9 Å². The van der Waals surface area contributed by atoms with Crippen molar-refractivity contribution in [1.82, 2.24) is 9.88 Å². The Morgan fingerprint density at radius 1 is 1.17 bits per heavy atom. The van der Waals surface area contributed by atoms with E-state index in [1.165, 1.54) is 16.7 Å². The molecule has 0 aliphatic carbocycles. The number of pyridine rings is 1. The molecule has 0 fully saturated rings. The molecule has 2 aromatic heterocycles. The van der Waals surface area contributed by atoms with E-state index in [1.807, 2.05) is 13.0 Å². The Morgan fingerprint density at radius 2 is 1.87 bits per heavy atom. The molecule has 7 nitrogen and oxygen atoms in total. The van der Waals surface area contributed by atoms with Crippen molar-refractivity contribution in [3.05, 3.63) is 68.2 Å². The van der Waals surface area contributed by atoms with Crippen LogP contribution in [0.15, 0.2) is 50.5 Å². The summed E-state index contributed by atoms with van der Waals surface area (Å²) >= 11 is 0. The molecule has 0 bridgehead atoms. The summed E-state index contributed by atoms with van der Waals surface area (Å²) in [6.07, 6.45) is 1.06. The van der Waals surface area contributed by atoms with Crippen LogP contribution in [0.5, 0.6) is 0 Å². The zero-order valence-corrected chi connectivity index (χ0v) is 18.0. The number of carbonyl (C=O) groups excluding carboxylic acids is 1. The third-order valence-corrected chi connectivity index (χ3v) is 4.57. The van der Waals surface area contributed by atoms with Crippen molar-refractivity contribution < 1.29 is 13.9 Å². The van der Waals surface area contributed by atoms with Crippen LogP contribution in [0.4, 0.5) is 4.79 Å². The van der Waals surface area contributed by atoms with Gasteiger partial charge in [0.1, 0.15) is 16.9 Å². The number of fused-ring (bicyclic) bond motifs is 1. The molecule has 0 spiro atoms. The molecule has 0 unspecified atom stereocenters. The lowest BCUT2D eigenvalue weighted by atomic mass is 10.0. The summed E-state index contributed by atoms with van der Waals surface area (Å²) in [7, 11) is 1.63. The van der Waals surface area contributed by atoms with Crippen LogP contribution in [0.3, 0.4) is 0 Å². The zero-order chi connectivity index (χ0) is 22.2. The van der Waals surface area contributed by atoms with Crippen LogP contribution in [0.25, 0.3) is 22.3 Å². The molecule has 3 aromatic rings. The number of alkyl carbamates (subject to hydrolysis) is 1. The van der Waals surface area contributed by atoms with Crippen molar-refractivity contribution in [1.29, 1.82) is 0 Å². The number of hydrogen-bond donors (Lipinski definition) is 1. The number of aromatic nitrogens is 1. The number of rotatable bonds is 3. The lowest BCUT2D eigenvalue weighted by Crippen LogP contribution is -2.34. The van der Waals surface area contributed by atoms with E-state index in [9.17, 15) is 14.4 Å². The van der Waals surface area contributed by atoms with E-state index in [-0.39, 0.29) is 11.0 Å². The van der Waals surface area contributed by atoms with Gasteiger partial charge in [0.25, 0.3) is 0 Å². The van der Waals surface area contributed by atoms with E-state index in [0.717, 1.165) is 5.56 Å². The number of amides is 1. The number of carbonyl (C=O) groups is 1. The molecule has 0 saturated carbocycles. The molecule has 7 heteroatoms. The van der Waals surface area contributed by atoms with Crippen LogP contribution < -0.4 is 16.3 Å². The Balaban J connectivity index is 2.11. The summed E-state index contributed by atoms with van der Waals surface area (Å²) in [6, 6.07) is 7.62. The molecule has 0 radical (unpaired) electrons. The van der Waals surface area contributed by atoms with E-state index in [0.29, 0.717) is 27.9 Å². The molecule has 1 aromatic carbocycles. The standard InChI is InChI=1S/C23H26N2O5/c1-13-9-16(14(2)24-22(28)30-23(3,4)5)21-17(10-13)18(26)11-19(29-21)15-7-8-20(27)25(6)12-15/h7-12,14H,1-6H3,(H,24,28)/t14-/m1/s1. The molecule has 1 amide bonds. The molecular formula is C23H26N2O5. The maximum absolute atomic E-state index is 12.8. The lowest BCUT2D eigenvalue weighted by Gasteiger charge is -2.22. The highest BCUT2D eigenvalue weighted by molar-refractivity contribution is 5.83. The molecular weight excluding hydrogens is 384 g/mol. The number of hydrogen-bond acceptors (Lipinski definition) is 5. The van der Waals surface area contributed by atoms with Crippen LogP contribution in [0, 0.1) is 6.92 Å². The summed E-state index contributed by atoms with van der Waals surface area (Å²) in [5.74, 6) is 0.345. The van der Waals surface area contributed by atoms with Crippen molar-refractivity contribution in [2.75, 3.05) is 0 Å². The molecule has 0 aliphatic rings. The van der Waals surface area contributed by atoms with Crippen LogP contribution in [-0.2, 0) is 11.8 Å². The molecule has 1 atom stereocenters. The first kappa shape index (κ1) is 21.4. The second-order valence-corrected chi connectivity index (χ2v) is 8.44. The fraction of sp³-hybridized carbons (Fsp3) is 0.348. The number of benzene rings is 1. The van der Waals surface area contributed by atoms with Crippen LogP contribution >= 0.6 is 0 Å². The number of ether oxygens (including phenoxy) is 1. The first-order valence-electron chi connectivity index (χ1n) is 9.69. The number of aryl methyl sites for hydroxylation is 2. The highest BCUT2D eigenvalue weighted by atomic mass is 16.6. The van der Waals surface area contributed by atoms with Crippen molar-refractivity contribution >= 4 is 17.1 Å². The maximum Gasteiger partial charge on any atom is 0.408 e. The minimum atomic E-state index is -0.624. The molecule has 0 aliphatic heterocycles. The third kappa shape index (κ3) is 4.62. The van der Waals surface area contributed by atoms with Gasteiger partial charge < -0.3 is 19.0 Å². The van der Waals surface area contributed by atoms with Gasteiger partial charge in [0, 0.05) is 36.5 Å². The largest absolute Gasteiger partial charge is 0.455 e. The van der Waals surface area contributed by atoms with Crippen molar-refractivity contribution in [2.24, 2.45) is 7.05 Å². The zero-order valence-electron chi connectivity index (χ0n) is 18.0. The average molecular weight is 410 g/mol. The molecule has 3 rings (SSSR count). The van der Waals surface area contributed by atoms with E-state index in [2.05, 4.69) is 5.32 Å². The van der Waals surface area contributed by atoms with Crippen LogP contribution in [0.2, 0.25) is 0 Å². The van der Waals surface area contributed by atoms with E-state index in [1.54, 1.807) is 53.1 Å². The van der Waals surface area contributed by atoms with E-state index in [4.69, 9.17) is 9.15 Å². The minimum Gasteiger partial charge on any atom is -0.455 e. The smallest absolute Gasteiger partial charge is 0.408 e. The highest BCUT2D eigenvalue weighted by Crippen LogP contribution is 2.28. The van der Waals surface area contributed by atoms with Gasteiger partial charge in [0.2, 0.25) is 5.56 Å². The first-order valence-corrected chi connectivity index (χ1v) is 9.69. The van der Waals surface area contributed by atoms with Gasteiger partial charge in [0.05, 0.1) is 11.4 Å². The quantitative estimate of drug-likeness (QED) is 0.703. The molecule has 1 N–H and O–H groups in total. The van der Waals surface area contributed by atoms with Crippen molar-refractivity contribution in [2.45, 2.75) is 46.3 Å². The second kappa shape index (κ2) is 7.82. The molecule has 30 heavy (non-hydrogen) atoms. The SMILES string of the molecule is Cc1cc([C@@H](C)NC(=O)OC(C)(C)C)c2oc(-c3ccc(=O)n(C)c3)cc(=O)c2c1. The summed E-state index contributed by atoms with van der Waals surface area (Å²) < 4.78 is 12.9. The second-order valence-electron chi connectivity index (χ2n) is 8.44. The normalized spacial score (nSPS) is 12.6. The van der Waals surface area contributed by atoms with Crippen molar-refractivity contribution in [3.8, 4) is 11.3 Å². The van der Waals surface area contributed by atoms with Gasteiger partial charge in [-0.2, -0.15) is 0 Å². The number of nitrogens with zero attached hydrogens (tertiary/aromatic N) is 1. The summed E-state index contributed by atoms with van der Waals surface area (Å²) in [5.41, 5.74) is 1.55. The Hall–Kier alpha value is -3.35. The molecule has 0 saturated heterocycles. The van der Waals surface area contributed by atoms with Gasteiger partial charge in [0.15, 0.2) is 5.43 Å². The summed E-state index contributed by atoms with van der Waals surface area (Å²) in [5, 5.41) is 3.23. The Labute approximate surface area is 174 Å². The van der Waals surface area contributed by atoms with Gasteiger partial charge >= 0.3 is 6.09 Å².